The van der Waals surface area contributed by atoms with Crippen molar-refractivity contribution in [2.75, 3.05) is 0 Å². The Morgan fingerprint density at radius 1 is 1.26 bits per heavy atom. The lowest BCUT2D eigenvalue weighted by molar-refractivity contribution is -0.137. The van der Waals surface area contributed by atoms with Crippen molar-refractivity contribution in [3.63, 3.8) is 0 Å². The third kappa shape index (κ3) is 7.12. The zero-order chi connectivity index (χ0) is 20.4. The number of carboxylic acid groups (broad SMARTS) is 1. The molecule has 0 saturated heterocycles. The third-order valence-corrected chi connectivity index (χ3v) is 5.34. The minimum atomic E-state index is -0.838. The van der Waals surface area contributed by atoms with Crippen LogP contribution < -0.4 is 0 Å². The van der Waals surface area contributed by atoms with Crippen LogP contribution in [0.1, 0.15) is 72.1 Å². The second-order valence-corrected chi connectivity index (χ2v) is 7.97. The smallest absolute Gasteiger partial charge is 0.303 e. The van der Waals surface area contributed by atoms with E-state index in [1.807, 2.05) is 0 Å². The Morgan fingerprint density at radius 3 is 2.59 bits per heavy atom. The molecule has 0 aromatic heterocycles. The van der Waals surface area contributed by atoms with Gasteiger partial charge in [0.25, 0.3) is 0 Å². The lowest BCUT2D eigenvalue weighted by Gasteiger charge is -2.22. The van der Waals surface area contributed by atoms with Crippen molar-refractivity contribution in [1.29, 1.82) is 0 Å². The normalized spacial score (nSPS) is 25.4. The van der Waals surface area contributed by atoms with Crippen molar-refractivity contribution in [2.24, 2.45) is 17.3 Å². The number of carbonyl (C=O) groups excluding carboxylic acids is 1. The van der Waals surface area contributed by atoms with Gasteiger partial charge in [-0.1, -0.05) is 52.2 Å². The maximum atomic E-state index is 12.7. The Labute approximate surface area is 162 Å². The first-order chi connectivity index (χ1) is 12.7. The van der Waals surface area contributed by atoms with Gasteiger partial charge in [-0.15, -0.1) is 11.8 Å². The Hall–Kier alpha value is -1.64. The van der Waals surface area contributed by atoms with Gasteiger partial charge in [-0.2, -0.15) is 0 Å². The summed E-state index contributed by atoms with van der Waals surface area (Å²) in [6.45, 7) is 5.61. The van der Waals surface area contributed by atoms with Crippen molar-refractivity contribution in [1.82, 2.24) is 0 Å². The first-order valence-electron chi connectivity index (χ1n) is 9.98. The summed E-state index contributed by atoms with van der Waals surface area (Å²) < 4.78 is 0. The zero-order valence-corrected chi connectivity index (χ0v) is 16.8. The highest BCUT2D eigenvalue weighted by molar-refractivity contribution is 5.90. The molecule has 27 heavy (non-hydrogen) atoms. The van der Waals surface area contributed by atoms with E-state index in [0.29, 0.717) is 25.7 Å². The van der Waals surface area contributed by atoms with Crippen LogP contribution in [0.15, 0.2) is 12.2 Å². The Balaban J connectivity index is 2.72. The third-order valence-electron chi connectivity index (χ3n) is 5.34. The molecule has 0 aromatic rings. The number of carbonyl (C=O) groups is 2. The van der Waals surface area contributed by atoms with Crippen LogP contribution in [0.4, 0.5) is 0 Å². The number of hydrogen-bond acceptors (Lipinski definition) is 4. The van der Waals surface area contributed by atoms with Crippen molar-refractivity contribution >= 4 is 11.8 Å². The summed E-state index contributed by atoms with van der Waals surface area (Å²) in [4.78, 5) is 23.2. The van der Waals surface area contributed by atoms with E-state index in [2.05, 4.69) is 18.8 Å². The number of unbranched alkanes of at least 4 members (excludes halogenated alkanes) is 3. The predicted octanol–water partition coefficient (Wildman–Crippen LogP) is 3.33. The molecule has 4 atom stereocenters. The predicted molar refractivity (Wildman–Crippen MR) is 105 cm³/mol. The van der Waals surface area contributed by atoms with Gasteiger partial charge < -0.3 is 15.3 Å². The largest absolute Gasteiger partial charge is 0.481 e. The van der Waals surface area contributed by atoms with Crippen LogP contribution in [-0.4, -0.2) is 39.3 Å². The van der Waals surface area contributed by atoms with Gasteiger partial charge in [-0.3, -0.25) is 9.59 Å². The van der Waals surface area contributed by atoms with Gasteiger partial charge >= 0.3 is 5.97 Å². The van der Waals surface area contributed by atoms with Gasteiger partial charge in [-0.25, -0.2) is 0 Å². The van der Waals surface area contributed by atoms with E-state index in [0.717, 1.165) is 19.3 Å². The highest BCUT2D eigenvalue weighted by Crippen LogP contribution is 2.44. The van der Waals surface area contributed by atoms with Gasteiger partial charge in [0.15, 0.2) is 0 Å². The quantitative estimate of drug-likeness (QED) is 0.308. The number of aliphatic hydroxyl groups excluding tert-OH is 2. The second kappa shape index (κ2) is 11.3. The van der Waals surface area contributed by atoms with Crippen LogP contribution in [0, 0.1) is 29.1 Å². The summed E-state index contributed by atoms with van der Waals surface area (Å²) in [5.41, 5.74) is -0.835. The monoisotopic (exact) mass is 378 g/mol. The molecule has 5 heteroatoms. The molecule has 3 N–H and O–H groups in total. The van der Waals surface area contributed by atoms with Gasteiger partial charge in [0.1, 0.15) is 5.78 Å². The average molecular weight is 379 g/mol. The summed E-state index contributed by atoms with van der Waals surface area (Å²) in [5.74, 6) is 4.30. The lowest BCUT2D eigenvalue weighted by Crippen LogP contribution is -2.31. The minimum absolute atomic E-state index is 0.00930. The van der Waals surface area contributed by atoms with E-state index in [-0.39, 0.29) is 18.1 Å². The van der Waals surface area contributed by atoms with Gasteiger partial charge in [0, 0.05) is 31.1 Å². The molecule has 1 rings (SSSR count). The summed E-state index contributed by atoms with van der Waals surface area (Å²) >= 11 is 0. The highest BCUT2D eigenvalue weighted by atomic mass is 16.4. The van der Waals surface area contributed by atoms with E-state index in [1.165, 1.54) is 0 Å². The number of aliphatic carboxylic acids is 1. The molecule has 1 saturated carbocycles. The van der Waals surface area contributed by atoms with Crippen LogP contribution in [0.5, 0.6) is 0 Å². The van der Waals surface area contributed by atoms with Gasteiger partial charge in [0.2, 0.25) is 0 Å². The number of rotatable bonds is 10. The molecule has 1 aliphatic carbocycles. The van der Waals surface area contributed by atoms with Crippen molar-refractivity contribution in [3.05, 3.63) is 12.2 Å². The number of Topliss-reactive ketones (excluding diaryl/α,β-unsaturated/α-hetero) is 1. The molecular formula is C22H34O5. The molecule has 0 bridgehead atoms. The van der Waals surface area contributed by atoms with Crippen molar-refractivity contribution in [3.8, 4) is 11.8 Å². The van der Waals surface area contributed by atoms with Crippen LogP contribution in [0.2, 0.25) is 0 Å². The van der Waals surface area contributed by atoms with Crippen molar-refractivity contribution < 1.29 is 24.9 Å². The van der Waals surface area contributed by atoms with Crippen molar-refractivity contribution in [2.45, 2.75) is 84.3 Å². The molecule has 0 amide bonds. The average Bonchev–Trinajstić information content (AvgIpc) is 2.76. The topological polar surface area (TPSA) is 94.8 Å². The van der Waals surface area contributed by atoms with E-state index < -0.39 is 29.5 Å². The Morgan fingerprint density at radius 2 is 1.96 bits per heavy atom. The summed E-state index contributed by atoms with van der Waals surface area (Å²) in [6, 6.07) is 0. The number of hydrogen-bond donors (Lipinski definition) is 3. The minimum Gasteiger partial charge on any atom is -0.481 e. The maximum Gasteiger partial charge on any atom is 0.303 e. The Kier molecular flexibility index (Phi) is 9.76. The van der Waals surface area contributed by atoms with E-state index in [1.54, 1.807) is 26.0 Å². The maximum absolute atomic E-state index is 12.7. The summed E-state index contributed by atoms with van der Waals surface area (Å²) in [6.07, 6.45) is 7.30. The van der Waals surface area contributed by atoms with E-state index in [9.17, 15) is 19.8 Å². The fourth-order valence-electron chi connectivity index (χ4n) is 3.52. The summed E-state index contributed by atoms with van der Waals surface area (Å²) in [7, 11) is 0. The van der Waals surface area contributed by atoms with E-state index >= 15 is 0 Å². The first-order valence-corrected chi connectivity index (χ1v) is 9.98. The van der Waals surface area contributed by atoms with Crippen LogP contribution in [0.3, 0.4) is 0 Å². The van der Waals surface area contributed by atoms with Gasteiger partial charge in [0.05, 0.1) is 17.6 Å². The molecule has 1 unspecified atom stereocenters. The van der Waals surface area contributed by atoms with Crippen LogP contribution >= 0.6 is 0 Å². The van der Waals surface area contributed by atoms with Gasteiger partial charge in [-0.05, 0) is 12.8 Å². The standard InChI is InChI=1S/C22H34O5/c1-4-5-8-11-16(23)14-15-18-17(20(26)22(2,3)21(18)27)12-9-6-7-10-13-19(24)25/h14-18,21,23,27H,4-5,7-8,10-13H2,1-3H3,(H,24,25)/t16?,17-,18-,21+/m1/s1. The molecule has 0 spiro atoms. The molecular weight excluding hydrogens is 344 g/mol. The molecule has 1 fully saturated rings. The van der Waals surface area contributed by atoms with Crippen LogP contribution in [-0.2, 0) is 9.59 Å². The second-order valence-electron chi connectivity index (χ2n) is 7.97. The highest BCUT2D eigenvalue weighted by Gasteiger charge is 2.52. The number of aliphatic hydroxyl groups is 2. The zero-order valence-electron chi connectivity index (χ0n) is 16.8. The molecule has 152 valence electrons. The number of carboxylic acids is 1. The number of ketones is 1. The van der Waals surface area contributed by atoms with Crippen LogP contribution in [0.25, 0.3) is 0 Å². The molecule has 0 aromatic carbocycles. The molecule has 0 aliphatic heterocycles. The molecule has 5 nitrogen and oxygen atoms in total. The fraction of sp³-hybridized carbons (Fsp3) is 0.727. The SMILES string of the molecule is CCCCCC(O)C=C[C@@H]1[C@@H](CC#CCCCC(=O)O)C(=O)C(C)(C)[C@H]1O. The first kappa shape index (κ1) is 23.4. The molecule has 0 radical (unpaired) electrons. The lowest BCUT2D eigenvalue weighted by atomic mass is 9.86. The van der Waals surface area contributed by atoms with E-state index in [4.69, 9.17) is 5.11 Å². The molecule has 0 heterocycles. The molecule has 1 aliphatic rings. The Bertz CT molecular complexity index is 581. The fourth-order valence-corrected chi connectivity index (χ4v) is 3.52. The summed E-state index contributed by atoms with van der Waals surface area (Å²) in [5, 5.41) is 29.3.